The van der Waals surface area contributed by atoms with E-state index in [1.165, 1.54) is 60.9 Å². The molecule has 0 aliphatic carbocycles. The second-order valence-corrected chi connectivity index (χ2v) is 12.4. The van der Waals surface area contributed by atoms with Crippen molar-refractivity contribution in [3.63, 3.8) is 0 Å². The summed E-state index contributed by atoms with van der Waals surface area (Å²) in [6.07, 6.45) is 0. The molecule has 0 fully saturated rings. The van der Waals surface area contributed by atoms with Crippen molar-refractivity contribution in [3.8, 4) is 16.8 Å². The Morgan fingerprint density at radius 1 is 0.378 bits per heavy atom. The summed E-state index contributed by atoms with van der Waals surface area (Å²) in [6, 6.07) is 65.9. The van der Waals surface area contributed by atoms with Gasteiger partial charge in [0.25, 0.3) is 0 Å². The molecule has 8 rings (SSSR count). The second kappa shape index (κ2) is 11.4. The maximum absolute atomic E-state index is 3.66. The average molecular weight is 641 g/mol. The van der Waals surface area contributed by atoms with Gasteiger partial charge in [-0.2, -0.15) is 0 Å². The minimum atomic E-state index is -0.477. The summed E-state index contributed by atoms with van der Waals surface area (Å²) in [4.78, 5) is 0. The Morgan fingerprint density at radius 2 is 0.844 bits per heavy atom. The molecule has 0 spiro atoms. The number of nitrogens with zero attached hydrogens (tertiary/aromatic N) is 1. The first-order valence-corrected chi connectivity index (χ1v) is 16.1. The molecule has 2 heteroatoms. The molecule has 8 aromatic rings. The summed E-state index contributed by atoms with van der Waals surface area (Å²) in [5.74, 6) is 0. The molecule has 0 unspecified atom stereocenters. The first kappa shape index (κ1) is 27.4. The highest BCUT2D eigenvalue weighted by molar-refractivity contribution is 9.10. The minimum absolute atomic E-state index is 0.477. The number of hydrogen-bond donors (Lipinski definition) is 0. The standard InChI is InChI=1S/C43H30BrN/c44-37-27-25-36(26-28-37)43(33-12-4-1-5-13-33,34-14-6-2-7-15-34)35-23-20-31(21-24-35)32-22-29-42-40(30-32)39-18-10-11-19-41(39)45(42)38-16-8-3-9-17-38/h1-30H. The highest BCUT2D eigenvalue weighted by atomic mass is 79.9. The molecule has 214 valence electrons. The highest BCUT2D eigenvalue weighted by Crippen LogP contribution is 2.46. The van der Waals surface area contributed by atoms with Crippen LogP contribution in [0.15, 0.2) is 186 Å². The third kappa shape index (κ3) is 4.61. The number of rotatable bonds is 6. The van der Waals surface area contributed by atoms with Crippen LogP contribution in [0.2, 0.25) is 0 Å². The Balaban J connectivity index is 1.30. The number of fused-ring (bicyclic) bond motifs is 3. The fourth-order valence-corrected chi connectivity index (χ4v) is 7.26. The van der Waals surface area contributed by atoms with E-state index in [0.29, 0.717) is 0 Å². The molecular weight excluding hydrogens is 610 g/mol. The van der Waals surface area contributed by atoms with Crippen molar-refractivity contribution in [1.29, 1.82) is 0 Å². The van der Waals surface area contributed by atoms with Gasteiger partial charge in [-0.05, 0) is 75.8 Å². The van der Waals surface area contributed by atoms with Gasteiger partial charge in [-0.3, -0.25) is 0 Å². The van der Waals surface area contributed by atoms with Crippen LogP contribution in [0.1, 0.15) is 22.3 Å². The zero-order valence-electron chi connectivity index (χ0n) is 24.6. The Hall–Kier alpha value is -5.18. The van der Waals surface area contributed by atoms with Crippen LogP contribution >= 0.6 is 15.9 Å². The van der Waals surface area contributed by atoms with E-state index in [2.05, 4.69) is 202 Å². The molecule has 0 saturated heterocycles. The molecule has 0 N–H and O–H groups in total. The van der Waals surface area contributed by atoms with Crippen molar-refractivity contribution in [3.05, 3.63) is 209 Å². The van der Waals surface area contributed by atoms with E-state index < -0.39 is 5.41 Å². The third-order valence-electron chi connectivity index (χ3n) is 9.03. The van der Waals surface area contributed by atoms with Gasteiger partial charge in [-0.1, -0.05) is 155 Å². The smallest absolute Gasteiger partial charge is 0.0701 e. The molecular formula is C43H30BrN. The molecule has 45 heavy (non-hydrogen) atoms. The van der Waals surface area contributed by atoms with Crippen LogP contribution in [-0.4, -0.2) is 4.57 Å². The van der Waals surface area contributed by atoms with Gasteiger partial charge in [0.2, 0.25) is 0 Å². The largest absolute Gasteiger partial charge is 0.309 e. The van der Waals surface area contributed by atoms with Gasteiger partial charge in [0.05, 0.1) is 16.4 Å². The number of hydrogen-bond acceptors (Lipinski definition) is 0. The predicted octanol–water partition coefficient (Wildman–Crippen LogP) is 11.6. The number of benzene rings is 7. The van der Waals surface area contributed by atoms with E-state index in [4.69, 9.17) is 0 Å². The lowest BCUT2D eigenvalue weighted by Crippen LogP contribution is -2.30. The van der Waals surface area contributed by atoms with Crippen molar-refractivity contribution in [2.24, 2.45) is 0 Å². The van der Waals surface area contributed by atoms with E-state index in [0.717, 1.165) is 4.47 Å². The average Bonchev–Trinajstić information content (AvgIpc) is 3.45. The summed E-state index contributed by atoms with van der Waals surface area (Å²) in [6.45, 7) is 0. The molecule has 1 nitrogen and oxygen atoms in total. The van der Waals surface area contributed by atoms with Gasteiger partial charge in [0.15, 0.2) is 0 Å². The normalized spacial score (nSPS) is 11.7. The molecule has 0 aliphatic rings. The third-order valence-corrected chi connectivity index (χ3v) is 9.56. The van der Waals surface area contributed by atoms with Crippen LogP contribution in [0.4, 0.5) is 0 Å². The first-order chi connectivity index (χ1) is 22.2. The molecule has 0 radical (unpaired) electrons. The molecule has 1 heterocycles. The molecule has 0 aliphatic heterocycles. The lowest BCUT2D eigenvalue weighted by Gasteiger charge is -2.37. The summed E-state index contributed by atoms with van der Waals surface area (Å²) >= 11 is 3.66. The van der Waals surface area contributed by atoms with Crippen LogP contribution in [-0.2, 0) is 5.41 Å². The van der Waals surface area contributed by atoms with Crippen molar-refractivity contribution < 1.29 is 0 Å². The number of halogens is 1. The Labute approximate surface area is 272 Å². The van der Waals surface area contributed by atoms with Crippen LogP contribution in [0.3, 0.4) is 0 Å². The summed E-state index contributed by atoms with van der Waals surface area (Å²) in [7, 11) is 0. The fraction of sp³-hybridized carbons (Fsp3) is 0.0233. The van der Waals surface area contributed by atoms with Gasteiger partial charge >= 0.3 is 0 Å². The highest BCUT2D eigenvalue weighted by Gasteiger charge is 2.38. The molecule has 7 aromatic carbocycles. The summed E-state index contributed by atoms with van der Waals surface area (Å²) < 4.78 is 3.43. The van der Waals surface area contributed by atoms with E-state index in [1.807, 2.05) is 0 Å². The summed E-state index contributed by atoms with van der Waals surface area (Å²) in [5, 5.41) is 2.52. The molecule has 0 amide bonds. The Bertz CT molecular complexity index is 2190. The van der Waals surface area contributed by atoms with E-state index in [1.54, 1.807) is 0 Å². The predicted molar refractivity (Wildman–Crippen MR) is 192 cm³/mol. The van der Waals surface area contributed by atoms with Gasteiger partial charge in [0.1, 0.15) is 0 Å². The molecule has 0 saturated carbocycles. The Kier molecular flexibility index (Phi) is 6.93. The lowest BCUT2D eigenvalue weighted by atomic mass is 9.65. The first-order valence-electron chi connectivity index (χ1n) is 15.3. The molecule has 0 bridgehead atoms. The van der Waals surface area contributed by atoms with Crippen molar-refractivity contribution in [2.45, 2.75) is 5.41 Å². The van der Waals surface area contributed by atoms with Crippen LogP contribution in [0, 0.1) is 0 Å². The van der Waals surface area contributed by atoms with Crippen LogP contribution in [0.5, 0.6) is 0 Å². The zero-order valence-corrected chi connectivity index (χ0v) is 26.2. The van der Waals surface area contributed by atoms with E-state index in [9.17, 15) is 0 Å². The van der Waals surface area contributed by atoms with Crippen molar-refractivity contribution >= 4 is 37.7 Å². The van der Waals surface area contributed by atoms with Crippen LogP contribution < -0.4 is 0 Å². The lowest BCUT2D eigenvalue weighted by molar-refractivity contribution is 0.745. The summed E-state index contributed by atoms with van der Waals surface area (Å²) in [5.41, 5.74) is 10.5. The van der Waals surface area contributed by atoms with Gasteiger partial charge in [-0.25, -0.2) is 0 Å². The van der Waals surface area contributed by atoms with E-state index >= 15 is 0 Å². The van der Waals surface area contributed by atoms with Crippen molar-refractivity contribution in [1.82, 2.24) is 4.57 Å². The molecule has 1 aromatic heterocycles. The van der Waals surface area contributed by atoms with Gasteiger partial charge < -0.3 is 4.57 Å². The maximum atomic E-state index is 3.66. The monoisotopic (exact) mass is 639 g/mol. The minimum Gasteiger partial charge on any atom is -0.309 e. The van der Waals surface area contributed by atoms with E-state index in [-0.39, 0.29) is 0 Å². The van der Waals surface area contributed by atoms with Crippen molar-refractivity contribution in [2.75, 3.05) is 0 Å². The molecule has 0 atom stereocenters. The topological polar surface area (TPSA) is 4.93 Å². The quantitative estimate of drug-likeness (QED) is 0.159. The second-order valence-electron chi connectivity index (χ2n) is 11.5. The number of para-hydroxylation sites is 2. The Morgan fingerprint density at radius 3 is 1.47 bits per heavy atom. The number of aromatic nitrogens is 1. The fourth-order valence-electron chi connectivity index (χ4n) is 7.00. The zero-order chi connectivity index (χ0) is 30.2. The van der Waals surface area contributed by atoms with Crippen LogP contribution in [0.25, 0.3) is 38.6 Å². The maximum Gasteiger partial charge on any atom is 0.0701 e. The van der Waals surface area contributed by atoms with Gasteiger partial charge in [0, 0.05) is 20.9 Å². The SMILES string of the molecule is Brc1ccc(C(c2ccccc2)(c2ccccc2)c2ccc(-c3ccc4c(c3)c3ccccc3n4-c3ccccc3)cc2)cc1. The van der Waals surface area contributed by atoms with Gasteiger partial charge in [-0.15, -0.1) is 0 Å².